The van der Waals surface area contributed by atoms with Crippen LogP contribution in [-0.2, 0) is 11.2 Å². The summed E-state index contributed by atoms with van der Waals surface area (Å²) in [5.41, 5.74) is 13.2. The fraction of sp³-hybridized carbons (Fsp3) is 0.600. The van der Waals surface area contributed by atoms with Crippen molar-refractivity contribution in [3.63, 3.8) is 0 Å². The number of nitrogens with zero attached hydrogens (tertiary/aromatic N) is 5. The second kappa shape index (κ2) is 11.9. The molecule has 0 spiro atoms. The van der Waals surface area contributed by atoms with Crippen molar-refractivity contribution in [2.24, 2.45) is 16.9 Å². The highest BCUT2D eigenvalue weighted by atomic mass is 35.5. The lowest BCUT2D eigenvalue weighted by atomic mass is 9.38. The van der Waals surface area contributed by atoms with Gasteiger partial charge in [0.05, 0.1) is 11.2 Å². The molecule has 3 saturated carbocycles. The number of aromatic nitrogens is 2. The molecule has 2 bridgehead atoms. The second-order valence-electron chi connectivity index (χ2n) is 12.9. The van der Waals surface area contributed by atoms with E-state index in [-0.39, 0.29) is 30.2 Å². The molecule has 1 aliphatic heterocycles. The van der Waals surface area contributed by atoms with E-state index in [0.29, 0.717) is 43.2 Å². The van der Waals surface area contributed by atoms with Crippen molar-refractivity contribution in [3.05, 3.63) is 52.6 Å². The van der Waals surface area contributed by atoms with Crippen molar-refractivity contribution >= 4 is 30.2 Å². The van der Waals surface area contributed by atoms with E-state index >= 15 is 0 Å². The molecule has 1 aromatic heterocycles. The van der Waals surface area contributed by atoms with Gasteiger partial charge in [-0.2, -0.15) is 4.98 Å². The van der Waals surface area contributed by atoms with Crippen molar-refractivity contribution in [1.82, 2.24) is 24.3 Å². The minimum atomic E-state index is -0.947. The van der Waals surface area contributed by atoms with Gasteiger partial charge in [0.1, 0.15) is 5.82 Å². The summed E-state index contributed by atoms with van der Waals surface area (Å²) in [6.07, 6.45) is 6.24. The van der Waals surface area contributed by atoms with Gasteiger partial charge in [-0.25, -0.2) is 9.59 Å². The van der Waals surface area contributed by atoms with E-state index in [1.807, 2.05) is 12.1 Å². The van der Waals surface area contributed by atoms with Crippen LogP contribution in [0.5, 0.6) is 0 Å². The fourth-order valence-electron chi connectivity index (χ4n) is 7.20. The zero-order valence-corrected chi connectivity index (χ0v) is 26.0. The Balaban J connectivity index is 0.00000405. The molecule has 12 heteroatoms. The highest BCUT2D eigenvalue weighted by Gasteiger charge is 2.69. The molecule has 3 aliphatic carbocycles. The zero-order valence-electron chi connectivity index (χ0n) is 25.1. The van der Waals surface area contributed by atoms with Crippen molar-refractivity contribution < 1.29 is 9.59 Å². The number of piperazine rings is 1. The van der Waals surface area contributed by atoms with Gasteiger partial charge in [0.2, 0.25) is 5.91 Å². The first-order chi connectivity index (χ1) is 19.4. The van der Waals surface area contributed by atoms with Crippen LogP contribution in [0.1, 0.15) is 52.5 Å². The second-order valence-corrected chi connectivity index (χ2v) is 12.9. The predicted molar refractivity (Wildman–Crippen MR) is 166 cm³/mol. The van der Waals surface area contributed by atoms with Gasteiger partial charge >= 0.3 is 11.7 Å². The molecule has 1 unspecified atom stereocenters. The van der Waals surface area contributed by atoms with Gasteiger partial charge < -0.3 is 21.3 Å². The van der Waals surface area contributed by atoms with Gasteiger partial charge in [-0.15, -0.1) is 12.4 Å². The Bertz CT molecular complexity index is 1330. The number of benzene rings is 1. The van der Waals surface area contributed by atoms with Crippen LogP contribution in [0, 0.1) is 5.41 Å². The summed E-state index contributed by atoms with van der Waals surface area (Å²) in [7, 11) is 0. The Morgan fingerprint density at radius 3 is 2.19 bits per heavy atom. The summed E-state index contributed by atoms with van der Waals surface area (Å²) in [6.45, 7) is 11.3. The Morgan fingerprint density at radius 2 is 1.67 bits per heavy atom. The molecule has 4 fully saturated rings. The number of likely N-dealkylation sites (N-methyl/N-ethyl adjacent to an activating group) is 1. The molecule has 1 aromatic carbocycles. The van der Waals surface area contributed by atoms with E-state index in [4.69, 9.17) is 11.5 Å². The van der Waals surface area contributed by atoms with E-state index in [1.54, 1.807) is 35.9 Å². The number of carbonyl (C=O) groups excluding carboxylic acids is 2. The van der Waals surface area contributed by atoms with E-state index in [9.17, 15) is 14.4 Å². The van der Waals surface area contributed by atoms with Crippen LogP contribution in [0.4, 0.5) is 10.6 Å². The average molecular weight is 601 g/mol. The van der Waals surface area contributed by atoms with Gasteiger partial charge in [0, 0.05) is 44.0 Å². The molecule has 3 amide bonds. The number of rotatable bonds is 9. The fourth-order valence-corrected chi connectivity index (χ4v) is 7.20. The molecule has 230 valence electrons. The number of urea groups is 1. The first kappa shape index (κ1) is 31.9. The number of hydrogen-bond acceptors (Lipinski definition) is 7. The summed E-state index contributed by atoms with van der Waals surface area (Å²) in [4.78, 5) is 47.9. The Labute approximate surface area is 254 Å². The third-order valence-corrected chi connectivity index (χ3v) is 9.22. The maximum Gasteiger partial charge on any atom is 0.354 e. The molecular formula is C30H45ClN8O3. The number of nitrogens with one attached hydrogen (secondary N) is 1. The van der Waals surface area contributed by atoms with Crippen LogP contribution in [-0.4, -0.2) is 92.6 Å². The smallest absolute Gasteiger partial charge is 0.338 e. The summed E-state index contributed by atoms with van der Waals surface area (Å²) in [5.74, 6) is 0.0480. The molecule has 5 N–H and O–H groups in total. The summed E-state index contributed by atoms with van der Waals surface area (Å²) >= 11 is 0. The SMILES string of the molecule is CCN(C(C)Cc1ccc(-n2ccc(NC(=O)N3CCN(C(=O)C(C)(C)N)CC3)nc2=O)cc1)C12CC(CN)(C1)C2.Cl. The van der Waals surface area contributed by atoms with Gasteiger partial charge in [-0.1, -0.05) is 19.1 Å². The lowest BCUT2D eigenvalue weighted by Gasteiger charge is -2.75. The highest BCUT2D eigenvalue weighted by Crippen LogP contribution is 2.69. The maximum atomic E-state index is 12.8. The van der Waals surface area contributed by atoms with E-state index in [1.165, 1.54) is 29.4 Å². The number of nitrogens with two attached hydrogens (primary N) is 2. The first-order valence-electron chi connectivity index (χ1n) is 14.7. The molecule has 6 rings (SSSR count). The van der Waals surface area contributed by atoms with Crippen LogP contribution in [0.15, 0.2) is 41.3 Å². The van der Waals surface area contributed by atoms with Crippen molar-refractivity contribution in [3.8, 4) is 5.69 Å². The summed E-state index contributed by atoms with van der Waals surface area (Å²) < 4.78 is 1.47. The quantitative estimate of drug-likeness (QED) is 0.400. The minimum Gasteiger partial charge on any atom is -0.338 e. The topological polar surface area (TPSA) is 143 Å². The van der Waals surface area contributed by atoms with Crippen LogP contribution < -0.4 is 22.5 Å². The van der Waals surface area contributed by atoms with Gasteiger partial charge in [-0.05, 0) is 88.7 Å². The molecule has 4 aliphatic rings. The zero-order chi connectivity index (χ0) is 29.6. The Kier molecular flexibility index (Phi) is 9.09. The van der Waals surface area contributed by atoms with Crippen LogP contribution >= 0.6 is 12.4 Å². The van der Waals surface area contributed by atoms with Crippen molar-refractivity contribution in [1.29, 1.82) is 0 Å². The predicted octanol–water partition coefficient (Wildman–Crippen LogP) is 2.20. The van der Waals surface area contributed by atoms with Gasteiger partial charge in [0.15, 0.2) is 0 Å². The number of amides is 3. The minimum absolute atomic E-state index is 0. The summed E-state index contributed by atoms with van der Waals surface area (Å²) in [6, 6.07) is 9.70. The van der Waals surface area contributed by atoms with Crippen molar-refractivity contribution in [2.45, 2.75) is 70.5 Å². The molecule has 2 heterocycles. The van der Waals surface area contributed by atoms with Crippen LogP contribution in [0.25, 0.3) is 5.69 Å². The molecular weight excluding hydrogens is 556 g/mol. The van der Waals surface area contributed by atoms with Gasteiger partial charge in [-0.3, -0.25) is 19.6 Å². The standard InChI is InChI=1S/C30H44N8O3.ClH/c1-5-38(30-17-29(18-30,19-30)20-31)21(2)16-22-6-8-23(9-7-22)37-11-10-24(34-27(37)41)33-26(40)36-14-12-35(13-15-36)25(39)28(3,4)32;/h6-11,21H,5,12-20,31-32H2,1-4H3,(H,33,34,40,41);1H. The molecule has 42 heavy (non-hydrogen) atoms. The molecule has 11 nitrogen and oxygen atoms in total. The Hall–Kier alpha value is -2.99. The average Bonchev–Trinajstić information content (AvgIpc) is 2.89. The summed E-state index contributed by atoms with van der Waals surface area (Å²) in [5, 5.41) is 2.71. The molecule has 1 saturated heterocycles. The number of anilines is 1. The lowest BCUT2D eigenvalue weighted by Crippen LogP contribution is -2.77. The largest absolute Gasteiger partial charge is 0.354 e. The molecule has 1 atom stereocenters. The van der Waals surface area contributed by atoms with E-state index < -0.39 is 11.2 Å². The van der Waals surface area contributed by atoms with E-state index in [0.717, 1.165) is 25.2 Å². The monoisotopic (exact) mass is 600 g/mol. The van der Waals surface area contributed by atoms with Crippen molar-refractivity contribution in [2.75, 3.05) is 44.6 Å². The molecule has 2 aromatic rings. The van der Waals surface area contributed by atoms with E-state index in [2.05, 4.69) is 41.2 Å². The number of hydrogen-bond donors (Lipinski definition) is 3. The Morgan fingerprint density at radius 1 is 1.07 bits per heavy atom. The highest BCUT2D eigenvalue weighted by molar-refractivity contribution is 5.89. The normalized spacial score (nSPS) is 23.9. The lowest BCUT2D eigenvalue weighted by molar-refractivity contribution is -0.222. The van der Waals surface area contributed by atoms with Crippen LogP contribution in [0.3, 0.4) is 0 Å². The van der Waals surface area contributed by atoms with Crippen LogP contribution in [0.2, 0.25) is 0 Å². The number of halogens is 1. The first-order valence-corrected chi connectivity index (χ1v) is 14.7. The number of carbonyl (C=O) groups is 2. The van der Waals surface area contributed by atoms with Gasteiger partial charge in [0.25, 0.3) is 0 Å². The maximum absolute atomic E-state index is 12.8. The third-order valence-electron chi connectivity index (χ3n) is 9.22. The third kappa shape index (κ3) is 6.06. The molecule has 0 radical (unpaired) electrons.